The Morgan fingerprint density at radius 1 is 0.875 bits per heavy atom. The third-order valence-electron chi connectivity index (χ3n) is 12.5. The second-order valence-corrected chi connectivity index (χ2v) is 16.3. The molecule has 9 rings (SSSR count). The second kappa shape index (κ2) is 14.8. The number of rotatable bonds is 11. The van der Waals surface area contributed by atoms with Crippen LogP contribution < -0.4 is 25.8 Å². The van der Waals surface area contributed by atoms with E-state index in [-0.39, 0.29) is 36.2 Å². The Balaban J connectivity index is 0.777. The summed E-state index contributed by atoms with van der Waals surface area (Å²) in [5, 5.41) is 5.74. The van der Waals surface area contributed by atoms with Gasteiger partial charge in [0.15, 0.2) is 0 Å². The standard InChI is InChI=1S/C42H47F2N7O5/c43-33-21-29(22-34(44)39(33)31-11-12-38(52)51(41(31)54)36-2-1-14-49(42(36)55)27-7-8-27)48-18-16-47(17-19-48)15-13-25-3-5-28(6-4-25)50-24-26-20-32(40(45)53)37(23-35(26)46-50)56-30-9-10-30/h1-2,14,20-25,27-28,30-31H,3-13,15-19H2,(H2,45,53). The number of nitrogens with two attached hydrogens (primary N) is 1. The van der Waals surface area contributed by atoms with Crippen LogP contribution in [0.25, 0.3) is 10.9 Å². The number of nitrogens with zero attached hydrogens (tertiary/aromatic N) is 6. The van der Waals surface area contributed by atoms with Gasteiger partial charge in [0.05, 0.1) is 29.1 Å². The molecule has 1 atom stereocenters. The summed E-state index contributed by atoms with van der Waals surface area (Å²) >= 11 is 0. The lowest BCUT2D eigenvalue weighted by atomic mass is 9.84. The van der Waals surface area contributed by atoms with Gasteiger partial charge in [-0.05, 0) is 107 Å². The molecule has 2 aromatic heterocycles. The molecular formula is C42H47F2N7O5. The van der Waals surface area contributed by atoms with Gasteiger partial charge in [-0.15, -0.1) is 0 Å². The molecule has 2 N–H and O–H groups in total. The number of imide groups is 1. The zero-order valence-electron chi connectivity index (χ0n) is 31.4. The molecule has 3 aliphatic carbocycles. The van der Waals surface area contributed by atoms with E-state index < -0.39 is 40.8 Å². The summed E-state index contributed by atoms with van der Waals surface area (Å²) in [6.45, 7) is 3.74. The summed E-state index contributed by atoms with van der Waals surface area (Å²) in [5.41, 5.74) is 6.42. The van der Waals surface area contributed by atoms with E-state index in [1.54, 1.807) is 18.3 Å². The van der Waals surface area contributed by atoms with Crippen LogP contribution in [0.3, 0.4) is 0 Å². The average molecular weight is 768 g/mol. The Morgan fingerprint density at radius 2 is 1.59 bits per heavy atom. The number of halogens is 2. The van der Waals surface area contributed by atoms with Crippen molar-refractivity contribution >= 4 is 40.0 Å². The van der Waals surface area contributed by atoms with Crippen molar-refractivity contribution in [3.8, 4) is 5.75 Å². The smallest absolute Gasteiger partial charge is 0.275 e. The molecule has 3 saturated carbocycles. The number of carbonyl (C=O) groups excluding carboxylic acids is 3. The maximum absolute atomic E-state index is 15.8. The molecule has 1 unspecified atom stereocenters. The monoisotopic (exact) mass is 767 g/mol. The summed E-state index contributed by atoms with van der Waals surface area (Å²) in [6.07, 6.45) is 12.7. The van der Waals surface area contributed by atoms with E-state index in [9.17, 15) is 19.2 Å². The Bertz CT molecular complexity index is 2230. The molecule has 0 spiro atoms. The number of benzene rings is 2. The van der Waals surface area contributed by atoms with Crippen LogP contribution >= 0.6 is 0 Å². The van der Waals surface area contributed by atoms with Crippen LogP contribution in [-0.4, -0.2) is 75.8 Å². The van der Waals surface area contributed by atoms with Crippen molar-refractivity contribution in [2.45, 2.75) is 94.7 Å². The first-order chi connectivity index (χ1) is 27.1. The number of hydrogen-bond donors (Lipinski definition) is 1. The summed E-state index contributed by atoms with van der Waals surface area (Å²) in [6, 6.07) is 9.62. The van der Waals surface area contributed by atoms with E-state index in [0.29, 0.717) is 42.0 Å². The number of carbonyl (C=O) groups is 3. The van der Waals surface area contributed by atoms with Gasteiger partial charge in [-0.2, -0.15) is 5.10 Å². The van der Waals surface area contributed by atoms with Crippen molar-refractivity contribution in [2.75, 3.05) is 42.5 Å². The number of anilines is 2. The molecule has 3 amide bonds. The molecule has 2 aliphatic heterocycles. The van der Waals surface area contributed by atoms with Crippen molar-refractivity contribution in [2.24, 2.45) is 11.7 Å². The van der Waals surface area contributed by atoms with Crippen molar-refractivity contribution in [1.29, 1.82) is 0 Å². The lowest BCUT2D eigenvalue weighted by Crippen LogP contribution is -2.48. The minimum atomic E-state index is -1.21. The number of hydrogen-bond acceptors (Lipinski definition) is 8. The van der Waals surface area contributed by atoms with Gasteiger partial charge in [0.1, 0.15) is 23.1 Å². The van der Waals surface area contributed by atoms with Crippen molar-refractivity contribution in [1.82, 2.24) is 19.2 Å². The fraction of sp³-hybridized carbons (Fsp3) is 0.500. The predicted molar refractivity (Wildman–Crippen MR) is 206 cm³/mol. The zero-order valence-corrected chi connectivity index (χ0v) is 31.4. The zero-order chi connectivity index (χ0) is 38.7. The van der Waals surface area contributed by atoms with Crippen LogP contribution in [0.1, 0.15) is 105 Å². The van der Waals surface area contributed by atoms with Gasteiger partial charge in [-0.25, -0.2) is 13.7 Å². The molecule has 294 valence electrons. The van der Waals surface area contributed by atoms with Gasteiger partial charge in [0.2, 0.25) is 11.8 Å². The minimum Gasteiger partial charge on any atom is -0.490 e. The van der Waals surface area contributed by atoms with E-state index in [1.165, 1.54) is 22.8 Å². The van der Waals surface area contributed by atoms with Gasteiger partial charge in [-0.1, -0.05) is 0 Å². The van der Waals surface area contributed by atoms with E-state index in [2.05, 4.69) is 4.90 Å². The lowest BCUT2D eigenvalue weighted by molar-refractivity contribution is -0.130. The molecule has 12 nitrogen and oxygen atoms in total. The maximum atomic E-state index is 15.8. The normalized spacial score (nSPS) is 23.6. The van der Waals surface area contributed by atoms with Crippen LogP contribution in [0.15, 0.2) is 53.6 Å². The first kappa shape index (κ1) is 36.5. The molecule has 4 aromatic rings. The van der Waals surface area contributed by atoms with Gasteiger partial charge in [-0.3, -0.25) is 28.8 Å². The first-order valence-corrected chi connectivity index (χ1v) is 20.1. The summed E-state index contributed by atoms with van der Waals surface area (Å²) in [5.74, 6) is -3.54. The highest BCUT2D eigenvalue weighted by Gasteiger charge is 2.41. The summed E-state index contributed by atoms with van der Waals surface area (Å²) in [4.78, 5) is 57.1. The molecule has 56 heavy (non-hydrogen) atoms. The predicted octanol–water partition coefficient (Wildman–Crippen LogP) is 5.83. The van der Waals surface area contributed by atoms with Crippen LogP contribution in [0.2, 0.25) is 0 Å². The largest absolute Gasteiger partial charge is 0.490 e. The van der Waals surface area contributed by atoms with Gasteiger partial charge in [0, 0.05) is 73.7 Å². The number of amides is 3. The molecule has 2 saturated heterocycles. The Hall–Kier alpha value is -5.11. The highest BCUT2D eigenvalue weighted by molar-refractivity contribution is 6.18. The van der Waals surface area contributed by atoms with Crippen LogP contribution in [-0.2, 0) is 9.59 Å². The maximum Gasteiger partial charge on any atom is 0.275 e. The third kappa shape index (κ3) is 7.19. The van der Waals surface area contributed by atoms with Gasteiger partial charge >= 0.3 is 0 Å². The highest BCUT2D eigenvalue weighted by Crippen LogP contribution is 2.39. The highest BCUT2D eigenvalue weighted by atomic mass is 19.1. The fourth-order valence-electron chi connectivity index (χ4n) is 8.90. The fourth-order valence-corrected chi connectivity index (χ4v) is 8.90. The molecule has 2 aromatic carbocycles. The van der Waals surface area contributed by atoms with Crippen molar-refractivity contribution in [3.63, 3.8) is 0 Å². The van der Waals surface area contributed by atoms with E-state index in [4.69, 9.17) is 15.6 Å². The SMILES string of the molecule is NC(=O)c1cc2cn(C3CCC(CCN4CCN(c5cc(F)c(C6CCC(=O)N(c7cccn(C8CC8)c7=O)C6=O)c(F)c5)CC4)CC3)nc2cc1OC1CC1. The number of piperidine rings is 1. The van der Waals surface area contributed by atoms with Crippen molar-refractivity contribution < 1.29 is 27.9 Å². The van der Waals surface area contributed by atoms with Gasteiger partial charge in [0.25, 0.3) is 11.5 Å². The van der Waals surface area contributed by atoms with Crippen LogP contribution in [0, 0.1) is 17.6 Å². The topological polar surface area (TPSA) is 136 Å². The second-order valence-electron chi connectivity index (χ2n) is 16.3. The Kier molecular flexibility index (Phi) is 9.63. The first-order valence-electron chi connectivity index (χ1n) is 20.1. The minimum absolute atomic E-state index is 0.0261. The quantitative estimate of drug-likeness (QED) is 0.189. The van der Waals surface area contributed by atoms with Gasteiger partial charge < -0.3 is 19.9 Å². The molecule has 14 heteroatoms. The lowest BCUT2D eigenvalue weighted by Gasteiger charge is -2.37. The number of piperazine rings is 1. The number of ether oxygens (including phenoxy) is 1. The van der Waals surface area contributed by atoms with E-state index in [1.807, 2.05) is 21.8 Å². The van der Waals surface area contributed by atoms with Crippen LogP contribution in [0.5, 0.6) is 5.75 Å². The Labute approximate surface area is 323 Å². The molecule has 5 fully saturated rings. The van der Waals surface area contributed by atoms with Crippen molar-refractivity contribution in [3.05, 3.63) is 81.9 Å². The Morgan fingerprint density at radius 3 is 2.27 bits per heavy atom. The van der Waals surface area contributed by atoms with E-state index >= 15 is 8.78 Å². The number of pyridine rings is 1. The summed E-state index contributed by atoms with van der Waals surface area (Å²) < 4.78 is 41.1. The average Bonchev–Trinajstić information content (AvgIpc) is 4.14. The summed E-state index contributed by atoms with van der Waals surface area (Å²) in [7, 11) is 0. The molecule has 0 bridgehead atoms. The molecule has 5 aliphatic rings. The number of aromatic nitrogens is 3. The molecular weight excluding hydrogens is 721 g/mol. The number of fused-ring (bicyclic) bond motifs is 1. The third-order valence-corrected chi connectivity index (χ3v) is 12.5. The van der Waals surface area contributed by atoms with E-state index in [0.717, 1.165) is 93.2 Å². The molecule has 0 radical (unpaired) electrons. The number of primary amides is 1. The van der Waals surface area contributed by atoms with Crippen LogP contribution in [0.4, 0.5) is 20.2 Å². The molecule has 4 heterocycles.